The molecule has 0 radical (unpaired) electrons. The van der Waals surface area contributed by atoms with E-state index in [1.165, 1.54) is 0 Å². The van der Waals surface area contributed by atoms with Crippen LogP contribution in [-0.2, 0) is 25.8 Å². The number of H-pyrrole nitrogens is 1. The second-order valence-corrected chi connectivity index (χ2v) is 10.9. The van der Waals surface area contributed by atoms with Crippen molar-refractivity contribution in [2.45, 2.75) is 52.5 Å². The number of rotatable bonds is 11. The van der Waals surface area contributed by atoms with Gasteiger partial charge in [0.2, 0.25) is 0 Å². The third kappa shape index (κ3) is 6.36. The molecule has 0 aliphatic heterocycles. The maximum absolute atomic E-state index is 14.0. The average Bonchev–Trinajstić information content (AvgIpc) is 3.69. The molecule has 0 aliphatic rings. The first kappa shape index (κ1) is 28.8. The van der Waals surface area contributed by atoms with Crippen LogP contribution in [0.3, 0.4) is 0 Å². The summed E-state index contributed by atoms with van der Waals surface area (Å²) in [6.45, 7) is 4.43. The lowest BCUT2D eigenvalue weighted by Gasteiger charge is -2.16. The summed E-state index contributed by atoms with van der Waals surface area (Å²) in [6.07, 6.45) is 3.66. The first-order chi connectivity index (χ1) is 21.5. The number of hydrogen-bond donors (Lipinski definition) is 1. The van der Waals surface area contributed by atoms with Crippen LogP contribution in [-0.4, -0.2) is 24.8 Å². The number of nitrogens with one attached hydrogen (secondary N) is 1. The molecule has 3 aromatic heterocycles. The molecule has 6 aromatic rings. The second-order valence-electron chi connectivity index (χ2n) is 10.9. The molecule has 3 aromatic carbocycles. The Morgan fingerprint density at radius 2 is 1.57 bits per heavy atom. The van der Waals surface area contributed by atoms with Crippen molar-refractivity contribution in [3.8, 4) is 22.5 Å². The van der Waals surface area contributed by atoms with Crippen LogP contribution in [0.15, 0.2) is 104 Å². The predicted molar refractivity (Wildman–Crippen MR) is 168 cm³/mol. The molecule has 6 rings (SSSR count). The molecule has 0 fully saturated rings. The van der Waals surface area contributed by atoms with Gasteiger partial charge in [-0.15, -0.1) is 0 Å². The minimum Gasteiger partial charge on any atom is -0.361 e. The third-order valence-corrected chi connectivity index (χ3v) is 7.72. The maximum atomic E-state index is 14.0. The Labute approximate surface area is 254 Å². The van der Waals surface area contributed by atoms with Crippen molar-refractivity contribution in [2.24, 2.45) is 0 Å². The van der Waals surface area contributed by atoms with Crippen molar-refractivity contribution in [2.75, 3.05) is 0 Å². The van der Waals surface area contributed by atoms with Gasteiger partial charge >= 0.3 is 5.76 Å². The highest BCUT2D eigenvalue weighted by molar-refractivity contribution is 5.80. The van der Waals surface area contributed by atoms with Gasteiger partial charge in [-0.2, -0.15) is 0 Å². The lowest BCUT2D eigenvalue weighted by Crippen LogP contribution is -2.30. The highest BCUT2D eigenvalue weighted by Crippen LogP contribution is 2.30. The van der Waals surface area contributed by atoms with Crippen LogP contribution in [0.5, 0.6) is 0 Å². The molecular formula is C35H33N5O4. The predicted octanol–water partition coefficient (Wildman–Crippen LogP) is 6.12. The number of hydrogen-bond acceptors (Lipinski definition) is 7. The lowest BCUT2D eigenvalue weighted by atomic mass is 9.98. The fourth-order valence-electron chi connectivity index (χ4n) is 5.41. The summed E-state index contributed by atoms with van der Waals surface area (Å²) in [7, 11) is 0. The van der Waals surface area contributed by atoms with E-state index in [9.17, 15) is 9.59 Å². The van der Waals surface area contributed by atoms with Gasteiger partial charge in [0.05, 0.1) is 12.2 Å². The van der Waals surface area contributed by atoms with Crippen molar-refractivity contribution in [3.05, 3.63) is 145 Å². The quantitative estimate of drug-likeness (QED) is 0.194. The molecule has 0 bridgehead atoms. The van der Waals surface area contributed by atoms with Gasteiger partial charge in [-0.1, -0.05) is 103 Å². The van der Waals surface area contributed by atoms with Gasteiger partial charge in [0.1, 0.15) is 11.6 Å². The summed E-state index contributed by atoms with van der Waals surface area (Å²) in [6, 6.07) is 27.7. The Bertz CT molecular complexity index is 1980. The van der Waals surface area contributed by atoms with Gasteiger partial charge in [-0.3, -0.25) is 18.9 Å². The Kier molecular flexibility index (Phi) is 8.45. The monoisotopic (exact) mass is 587 g/mol. The standard InChI is InChI=1S/C35H33N5O4/c1-3-4-14-32-36-23(2)31(21-27-20-28(43-38-27)19-24-10-6-5-7-11-24)34(41)40(32)22-25-15-17-26(18-16-25)29-12-8-9-13-30(29)33-37-35(42)44-39-33/h5-13,15-18,20H,3-4,14,19,21-22H2,1-2H3,(H,37,39,42). The van der Waals surface area contributed by atoms with Crippen LogP contribution >= 0.6 is 0 Å². The zero-order valence-corrected chi connectivity index (χ0v) is 24.7. The minimum atomic E-state index is -0.600. The van der Waals surface area contributed by atoms with E-state index in [0.717, 1.165) is 64.4 Å². The van der Waals surface area contributed by atoms with E-state index in [0.29, 0.717) is 36.5 Å². The van der Waals surface area contributed by atoms with Crippen molar-refractivity contribution in [1.82, 2.24) is 24.8 Å². The van der Waals surface area contributed by atoms with Gasteiger partial charge in [0.15, 0.2) is 5.82 Å². The number of unbranched alkanes of at least 4 members (excludes halogenated alkanes) is 1. The Hall–Kier alpha value is -5.31. The van der Waals surface area contributed by atoms with Crippen LogP contribution in [0.25, 0.3) is 22.5 Å². The molecule has 0 unspecified atom stereocenters. The van der Waals surface area contributed by atoms with Gasteiger partial charge in [0.25, 0.3) is 5.56 Å². The molecule has 9 nitrogen and oxygen atoms in total. The highest BCUT2D eigenvalue weighted by atomic mass is 16.5. The number of aromatic nitrogens is 5. The molecule has 9 heteroatoms. The SMILES string of the molecule is CCCCc1nc(C)c(Cc2cc(Cc3ccccc3)on2)c(=O)n1Cc1ccc(-c2ccccc2-c2noc(=O)[nH]2)cc1. The van der Waals surface area contributed by atoms with Crippen LogP contribution in [0, 0.1) is 6.92 Å². The average molecular weight is 588 g/mol. The molecule has 0 atom stereocenters. The van der Waals surface area contributed by atoms with Crippen molar-refractivity contribution in [1.29, 1.82) is 0 Å². The number of benzene rings is 3. The molecule has 0 spiro atoms. The summed E-state index contributed by atoms with van der Waals surface area (Å²) in [4.78, 5) is 33.1. The molecule has 44 heavy (non-hydrogen) atoms. The van der Waals surface area contributed by atoms with Crippen LogP contribution in [0.1, 0.15) is 59.4 Å². The first-order valence-electron chi connectivity index (χ1n) is 14.8. The topological polar surface area (TPSA) is 120 Å². The highest BCUT2D eigenvalue weighted by Gasteiger charge is 2.18. The first-order valence-corrected chi connectivity index (χ1v) is 14.8. The summed E-state index contributed by atoms with van der Waals surface area (Å²) < 4.78 is 12.1. The normalized spacial score (nSPS) is 11.2. The largest absolute Gasteiger partial charge is 0.439 e. The van der Waals surface area contributed by atoms with Crippen molar-refractivity contribution >= 4 is 0 Å². The Balaban J connectivity index is 1.27. The third-order valence-electron chi connectivity index (χ3n) is 7.72. The summed E-state index contributed by atoms with van der Waals surface area (Å²) in [5.74, 6) is 1.32. The number of aryl methyl sites for hydroxylation is 2. The molecule has 0 aliphatic carbocycles. The summed E-state index contributed by atoms with van der Waals surface area (Å²) in [5, 5.41) is 8.12. The van der Waals surface area contributed by atoms with Gasteiger partial charge < -0.3 is 4.52 Å². The molecular weight excluding hydrogens is 554 g/mol. The molecule has 0 saturated heterocycles. The second kappa shape index (κ2) is 12.9. The number of aromatic amines is 1. The number of nitrogens with zero attached hydrogens (tertiary/aromatic N) is 4. The molecule has 222 valence electrons. The van der Waals surface area contributed by atoms with E-state index in [1.54, 1.807) is 4.57 Å². The van der Waals surface area contributed by atoms with Crippen molar-refractivity contribution in [3.63, 3.8) is 0 Å². The minimum absolute atomic E-state index is 0.0550. The smallest absolute Gasteiger partial charge is 0.361 e. The van der Waals surface area contributed by atoms with E-state index in [1.807, 2.05) is 91.9 Å². The molecule has 3 heterocycles. The van der Waals surface area contributed by atoms with Crippen LogP contribution in [0.2, 0.25) is 0 Å². The Morgan fingerprint density at radius 3 is 2.30 bits per heavy atom. The lowest BCUT2D eigenvalue weighted by molar-refractivity contribution is 0.384. The van der Waals surface area contributed by atoms with E-state index >= 15 is 0 Å². The zero-order chi connectivity index (χ0) is 30.5. The maximum Gasteiger partial charge on any atom is 0.439 e. The Morgan fingerprint density at radius 1 is 0.818 bits per heavy atom. The van der Waals surface area contributed by atoms with Gasteiger partial charge in [-0.25, -0.2) is 9.78 Å². The van der Waals surface area contributed by atoms with Gasteiger partial charge in [-0.05, 0) is 35.6 Å². The zero-order valence-electron chi connectivity index (χ0n) is 24.7. The van der Waals surface area contributed by atoms with Crippen LogP contribution < -0.4 is 11.3 Å². The van der Waals surface area contributed by atoms with E-state index in [2.05, 4.69) is 22.2 Å². The van der Waals surface area contributed by atoms with E-state index < -0.39 is 5.76 Å². The molecule has 0 saturated carbocycles. The molecule has 0 amide bonds. The molecule has 1 N–H and O–H groups in total. The fraction of sp³-hybridized carbons (Fsp3) is 0.229. The van der Waals surface area contributed by atoms with Crippen LogP contribution in [0.4, 0.5) is 0 Å². The summed E-state index contributed by atoms with van der Waals surface area (Å²) >= 11 is 0. The van der Waals surface area contributed by atoms with E-state index in [4.69, 9.17) is 14.0 Å². The fourth-order valence-corrected chi connectivity index (χ4v) is 5.41. The summed E-state index contributed by atoms with van der Waals surface area (Å²) in [5.41, 5.74) is 6.73. The van der Waals surface area contributed by atoms with Gasteiger partial charge in [0, 0.05) is 42.1 Å². The van der Waals surface area contributed by atoms with E-state index in [-0.39, 0.29) is 5.56 Å². The van der Waals surface area contributed by atoms with Crippen molar-refractivity contribution < 1.29 is 9.05 Å².